The second kappa shape index (κ2) is 5.11. The van der Waals surface area contributed by atoms with Crippen LogP contribution in [0.3, 0.4) is 0 Å². The summed E-state index contributed by atoms with van der Waals surface area (Å²) in [6.45, 7) is 6.08. The standard InChI is InChI=1S/C13H24O2/c1-13(2,3)12(15)9-10-7-5-4-6-8-11(10)14/h10,12,15H,4-9H2,1-3H3. The molecule has 0 radical (unpaired) electrons. The molecular formula is C13H24O2. The fourth-order valence-corrected chi connectivity index (χ4v) is 2.10. The van der Waals surface area contributed by atoms with E-state index in [1.165, 1.54) is 6.42 Å². The Balaban J connectivity index is 2.51. The van der Waals surface area contributed by atoms with Gasteiger partial charge in [0.15, 0.2) is 0 Å². The molecule has 0 aromatic rings. The van der Waals surface area contributed by atoms with E-state index in [-0.39, 0.29) is 17.4 Å². The summed E-state index contributed by atoms with van der Waals surface area (Å²) in [4.78, 5) is 11.8. The SMILES string of the molecule is CC(C)(C)C(O)CC1CCCCCC1=O. The number of hydrogen-bond donors (Lipinski definition) is 1. The average molecular weight is 212 g/mol. The Morgan fingerprint density at radius 3 is 2.60 bits per heavy atom. The normalized spacial score (nSPS) is 26.1. The molecule has 0 bridgehead atoms. The highest BCUT2D eigenvalue weighted by molar-refractivity contribution is 5.81. The van der Waals surface area contributed by atoms with Crippen molar-refractivity contribution in [2.45, 2.75) is 65.4 Å². The van der Waals surface area contributed by atoms with E-state index in [9.17, 15) is 9.90 Å². The van der Waals surface area contributed by atoms with Crippen molar-refractivity contribution in [3.05, 3.63) is 0 Å². The van der Waals surface area contributed by atoms with Gasteiger partial charge in [-0.1, -0.05) is 33.6 Å². The predicted octanol–water partition coefficient (Wildman–Crippen LogP) is 2.93. The summed E-state index contributed by atoms with van der Waals surface area (Å²) in [6, 6.07) is 0. The molecule has 0 amide bonds. The fraction of sp³-hybridized carbons (Fsp3) is 0.923. The van der Waals surface area contributed by atoms with Gasteiger partial charge in [0.05, 0.1) is 6.10 Å². The van der Waals surface area contributed by atoms with Gasteiger partial charge in [0, 0.05) is 12.3 Å². The first-order chi connectivity index (χ1) is 6.91. The molecule has 1 fully saturated rings. The summed E-state index contributed by atoms with van der Waals surface area (Å²) in [6.07, 6.45) is 5.36. The van der Waals surface area contributed by atoms with E-state index in [1.54, 1.807) is 0 Å². The molecular weight excluding hydrogens is 188 g/mol. The lowest BCUT2D eigenvalue weighted by molar-refractivity contribution is -0.124. The van der Waals surface area contributed by atoms with Crippen LogP contribution in [0.4, 0.5) is 0 Å². The highest BCUT2D eigenvalue weighted by Gasteiger charge is 2.29. The van der Waals surface area contributed by atoms with E-state index in [0.29, 0.717) is 12.2 Å². The number of aliphatic hydroxyl groups excluding tert-OH is 1. The van der Waals surface area contributed by atoms with Crippen molar-refractivity contribution < 1.29 is 9.90 Å². The van der Waals surface area contributed by atoms with Crippen molar-refractivity contribution in [2.24, 2.45) is 11.3 Å². The summed E-state index contributed by atoms with van der Waals surface area (Å²) < 4.78 is 0. The first-order valence-corrected chi connectivity index (χ1v) is 6.12. The van der Waals surface area contributed by atoms with Crippen LogP contribution in [-0.2, 0) is 4.79 Å². The number of rotatable bonds is 2. The number of Topliss-reactive ketones (excluding diaryl/α,β-unsaturated/α-hetero) is 1. The van der Waals surface area contributed by atoms with Gasteiger partial charge in [-0.3, -0.25) is 4.79 Å². The van der Waals surface area contributed by atoms with Crippen molar-refractivity contribution in [1.29, 1.82) is 0 Å². The maximum Gasteiger partial charge on any atom is 0.136 e. The molecule has 88 valence electrons. The van der Waals surface area contributed by atoms with Crippen LogP contribution in [-0.4, -0.2) is 17.0 Å². The van der Waals surface area contributed by atoms with Crippen molar-refractivity contribution in [3.63, 3.8) is 0 Å². The summed E-state index contributed by atoms with van der Waals surface area (Å²) >= 11 is 0. The quantitative estimate of drug-likeness (QED) is 0.715. The molecule has 15 heavy (non-hydrogen) atoms. The summed E-state index contributed by atoms with van der Waals surface area (Å²) in [7, 11) is 0. The van der Waals surface area contributed by atoms with Gasteiger partial charge in [-0.15, -0.1) is 0 Å². The van der Waals surface area contributed by atoms with Crippen LogP contribution in [0.15, 0.2) is 0 Å². The number of ketones is 1. The molecule has 0 aromatic heterocycles. The van der Waals surface area contributed by atoms with Crippen molar-refractivity contribution >= 4 is 5.78 Å². The molecule has 2 nitrogen and oxygen atoms in total. The van der Waals surface area contributed by atoms with Crippen LogP contribution in [0, 0.1) is 11.3 Å². The molecule has 2 atom stereocenters. The first kappa shape index (κ1) is 12.7. The molecule has 0 aliphatic heterocycles. The molecule has 1 aliphatic rings. The maximum absolute atomic E-state index is 11.8. The molecule has 2 heteroatoms. The number of carbonyl (C=O) groups excluding carboxylic acids is 1. The Morgan fingerprint density at radius 2 is 2.00 bits per heavy atom. The van der Waals surface area contributed by atoms with Gasteiger partial charge in [-0.25, -0.2) is 0 Å². The molecule has 1 N–H and O–H groups in total. The molecule has 2 unspecified atom stereocenters. The highest BCUT2D eigenvalue weighted by atomic mass is 16.3. The van der Waals surface area contributed by atoms with Crippen LogP contribution >= 0.6 is 0 Å². The Bertz CT molecular complexity index is 215. The second-order valence-electron chi connectivity index (χ2n) is 5.88. The van der Waals surface area contributed by atoms with E-state index in [1.807, 2.05) is 20.8 Å². The summed E-state index contributed by atoms with van der Waals surface area (Å²) in [5, 5.41) is 10.00. The molecule has 0 heterocycles. The largest absolute Gasteiger partial charge is 0.393 e. The van der Waals surface area contributed by atoms with E-state index >= 15 is 0 Å². The lowest BCUT2D eigenvalue weighted by Crippen LogP contribution is -2.30. The van der Waals surface area contributed by atoms with Gasteiger partial charge in [0.1, 0.15) is 5.78 Å². The second-order valence-corrected chi connectivity index (χ2v) is 5.88. The molecule has 1 saturated carbocycles. The zero-order valence-corrected chi connectivity index (χ0v) is 10.3. The Hall–Kier alpha value is -0.370. The third kappa shape index (κ3) is 3.94. The van der Waals surface area contributed by atoms with Gasteiger partial charge in [-0.2, -0.15) is 0 Å². The smallest absolute Gasteiger partial charge is 0.136 e. The monoisotopic (exact) mass is 212 g/mol. The summed E-state index contributed by atoms with van der Waals surface area (Å²) in [5.74, 6) is 0.484. The fourth-order valence-electron chi connectivity index (χ4n) is 2.10. The Labute approximate surface area is 93.1 Å². The summed E-state index contributed by atoms with van der Waals surface area (Å²) in [5.41, 5.74) is -0.105. The van der Waals surface area contributed by atoms with Crippen LogP contribution in [0.1, 0.15) is 59.3 Å². The zero-order valence-electron chi connectivity index (χ0n) is 10.3. The van der Waals surface area contributed by atoms with Crippen molar-refractivity contribution in [3.8, 4) is 0 Å². The van der Waals surface area contributed by atoms with Crippen LogP contribution < -0.4 is 0 Å². The van der Waals surface area contributed by atoms with Crippen molar-refractivity contribution in [1.82, 2.24) is 0 Å². The first-order valence-electron chi connectivity index (χ1n) is 6.12. The zero-order chi connectivity index (χ0) is 11.5. The Morgan fingerprint density at radius 1 is 1.33 bits per heavy atom. The van der Waals surface area contributed by atoms with Gasteiger partial charge in [-0.05, 0) is 24.7 Å². The number of aliphatic hydroxyl groups is 1. The van der Waals surface area contributed by atoms with Gasteiger partial charge >= 0.3 is 0 Å². The van der Waals surface area contributed by atoms with Crippen molar-refractivity contribution in [2.75, 3.05) is 0 Å². The minimum Gasteiger partial charge on any atom is -0.393 e. The molecule has 0 saturated heterocycles. The van der Waals surface area contributed by atoms with E-state index in [0.717, 1.165) is 25.7 Å². The lowest BCUT2D eigenvalue weighted by atomic mass is 9.81. The third-order valence-electron chi connectivity index (χ3n) is 3.44. The van der Waals surface area contributed by atoms with Crippen LogP contribution in [0.5, 0.6) is 0 Å². The van der Waals surface area contributed by atoms with Gasteiger partial charge in [0.2, 0.25) is 0 Å². The van der Waals surface area contributed by atoms with E-state index in [2.05, 4.69) is 0 Å². The predicted molar refractivity (Wildman–Crippen MR) is 61.7 cm³/mol. The number of hydrogen-bond acceptors (Lipinski definition) is 2. The highest BCUT2D eigenvalue weighted by Crippen LogP contribution is 2.29. The third-order valence-corrected chi connectivity index (χ3v) is 3.44. The lowest BCUT2D eigenvalue weighted by Gasteiger charge is -2.28. The van der Waals surface area contributed by atoms with Gasteiger partial charge < -0.3 is 5.11 Å². The van der Waals surface area contributed by atoms with E-state index in [4.69, 9.17) is 0 Å². The molecule has 1 rings (SSSR count). The minimum absolute atomic E-state index is 0.105. The van der Waals surface area contributed by atoms with Gasteiger partial charge in [0.25, 0.3) is 0 Å². The number of carbonyl (C=O) groups is 1. The van der Waals surface area contributed by atoms with E-state index < -0.39 is 0 Å². The molecule has 1 aliphatic carbocycles. The van der Waals surface area contributed by atoms with Crippen LogP contribution in [0.2, 0.25) is 0 Å². The molecule has 0 spiro atoms. The average Bonchev–Trinajstić information content (AvgIpc) is 2.30. The minimum atomic E-state index is -0.357. The molecule has 0 aromatic carbocycles. The topological polar surface area (TPSA) is 37.3 Å². The maximum atomic E-state index is 11.8. The van der Waals surface area contributed by atoms with Crippen LogP contribution in [0.25, 0.3) is 0 Å². The Kier molecular flexibility index (Phi) is 4.32.